The Labute approximate surface area is 146 Å². The second-order valence-corrected chi connectivity index (χ2v) is 5.95. The maximum absolute atomic E-state index is 13.7. The quantitative estimate of drug-likeness (QED) is 0.805. The Hall–Kier alpha value is -2.50. The first-order valence-electron chi connectivity index (χ1n) is 8.37. The molecule has 6 heteroatoms. The summed E-state index contributed by atoms with van der Waals surface area (Å²) in [6, 6.07) is 6.51. The molecule has 0 aliphatic heterocycles. The summed E-state index contributed by atoms with van der Waals surface area (Å²) >= 11 is 0. The number of aromatic nitrogens is 1. The highest BCUT2D eigenvalue weighted by molar-refractivity contribution is 5.74. The minimum absolute atomic E-state index is 0.0691. The molecule has 134 valence electrons. The number of unbranched alkanes of at least 4 members (excludes halogenated alkanes) is 1. The molecule has 0 saturated heterocycles. The fraction of sp³-hybridized carbons (Fsp3) is 0.368. The van der Waals surface area contributed by atoms with Gasteiger partial charge in [0.05, 0.1) is 6.04 Å². The molecule has 0 saturated carbocycles. The van der Waals surface area contributed by atoms with Gasteiger partial charge in [-0.1, -0.05) is 25.8 Å². The number of halogens is 2. The molecule has 1 atom stereocenters. The van der Waals surface area contributed by atoms with Crippen LogP contribution >= 0.6 is 0 Å². The molecule has 2 amide bonds. The van der Waals surface area contributed by atoms with Crippen LogP contribution in [0.5, 0.6) is 0 Å². The Morgan fingerprint density at radius 3 is 2.80 bits per heavy atom. The van der Waals surface area contributed by atoms with Crippen molar-refractivity contribution in [2.75, 3.05) is 7.05 Å². The molecule has 0 aliphatic carbocycles. The summed E-state index contributed by atoms with van der Waals surface area (Å²) in [5.74, 6) is -1.07. The van der Waals surface area contributed by atoms with Gasteiger partial charge in [0.15, 0.2) is 0 Å². The van der Waals surface area contributed by atoms with Crippen molar-refractivity contribution in [2.24, 2.45) is 0 Å². The fourth-order valence-corrected chi connectivity index (χ4v) is 2.67. The van der Waals surface area contributed by atoms with E-state index >= 15 is 0 Å². The Kier molecular flexibility index (Phi) is 6.86. The zero-order valence-corrected chi connectivity index (χ0v) is 14.5. The van der Waals surface area contributed by atoms with Gasteiger partial charge in [-0.15, -0.1) is 0 Å². The third kappa shape index (κ3) is 5.24. The molecular weight excluding hydrogens is 324 g/mol. The molecule has 25 heavy (non-hydrogen) atoms. The zero-order valence-electron chi connectivity index (χ0n) is 14.5. The molecule has 4 nitrogen and oxygen atoms in total. The van der Waals surface area contributed by atoms with E-state index in [4.69, 9.17) is 0 Å². The minimum atomic E-state index is -0.542. The van der Waals surface area contributed by atoms with Gasteiger partial charge in [0, 0.05) is 31.5 Å². The van der Waals surface area contributed by atoms with Gasteiger partial charge >= 0.3 is 6.03 Å². The molecule has 0 bridgehead atoms. The fourth-order valence-electron chi connectivity index (χ4n) is 2.67. The standard InChI is InChI=1S/C19H23F2N3O/c1-3-4-7-18(14-6-5-10-22-12-14)24(2)19(25)23-13-15-11-16(20)8-9-17(15)21/h5-6,8-12,18H,3-4,7,13H2,1-2H3,(H,23,25). The van der Waals surface area contributed by atoms with Gasteiger partial charge < -0.3 is 10.2 Å². The molecule has 1 aromatic heterocycles. The molecule has 0 radical (unpaired) electrons. The first-order valence-corrected chi connectivity index (χ1v) is 8.37. The number of benzene rings is 1. The van der Waals surface area contributed by atoms with Crippen molar-refractivity contribution in [1.29, 1.82) is 0 Å². The van der Waals surface area contributed by atoms with Gasteiger partial charge in [0.25, 0.3) is 0 Å². The SMILES string of the molecule is CCCCC(c1cccnc1)N(C)C(=O)NCc1cc(F)ccc1F. The average Bonchev–Trinajstić information content (AvgIpc) is 2.63. The number of hydrogen-bond acceptors (Lipinski definition) is 2. The van der Waals surface area contributed by atoms with Gasteiger partial charge in [-0.25, -0.2) is 13.6 Å². The average molecular weight is 347 g/mol. The number of pyridine rings is 1. The van der Waals surface area contributed by atoms with Crippen LogP contribution in [0, 0.1) is 11.6 Å². The predicted octanol–water partition coefficient (Wildman–Crippen LogP) is 4.43. The molecule has 0 aliphatic rings. The summed E-state index contributed by atoms with van der Waals surface area (Å²) in [4.78, 5) is 18.2. The summed E-state index contributed by atoms with van der Waals surface area (Å²) < 4.78 is 26.9. The largest absolute Gasteiger partial charge is 0.334 e. The topological polar surface area (TPSA) is 45.2 Å². The molecule has 1 unspecified atom stereocenters. The van der Waals surface area contributed by atoms with Crippen LogP contribution in [0.3, 0.4) is 0 Å². The Balaban J connectivity index is 2.06. The lowest BCUT2D eigenvalue weighted by atomic mass is 10.0. The van der Waals surface area contributed by atoms with E-state index in [0.717, 1.165) is 43.0 Å². The lowest BCUT2D eigenvalue weighted by molar-refractivity contribution is 0.185. The summed E-state index contributed by atoms with van der Waals surface area (Å²) in [7, 11) is 1.70. The zero-order chi connectivity index (χ0) is 18.2. The maximum Gasteiger partial charge on any atom is 0.317 e. The van der Waals surface area contributed by atoms with E-state index in [0.29, 0.717) is 0 Å². The molecule has 2 rings (SSSR count). The highest BCUT2D eigenvalue weighted by atomic mass is 19.1. The summed E-state index contributed by atoms with van der Waals surface area (Å²) in [6.07, 6.45) is 6.22. The van der Waals surface area contributed by atoms with Crippen molar-refractivity contribution < 1.29 is 13.6 Å². The number of hydrogen-bond donors (Lipinski definition) is 1. The Morgan fingerprint density at radius 1 is 1.32 bits per heavy atom. The summed E-state index contributed by atoms with van der Waals surface area (Å²) in [5, 5.41) is 2.65. The Bertz CT molecular complexity index is 694. The van der Waals surface area contributed by atoms with E-state index in [1.165, 1.54) is 0 Å². The lowest BCUT2D eigenvalue weighted by Gasteiger charge is -2.28. The van der Waals surface area contributed by atoms with E-state index in [-0.39, 0.29) is 24.2 Å². The van der Waals surface area contributed by atoms with Gasteiger partial charge in [-0.2, -0.15) is 0 Å². The molecule has 2 aromatic rings. The van der Waals surface area contributed by atoms with Crippen molar-refractivity contribution in [3.05, 3.63) is 65.5 Å². The number of rotatable bonds is 7. The van der Waals surface area contributed by atoms with Crippen LogP contribution < -0.4 is 5.32 Å². The van der Waals surface area contributed by atoms with Crippen molar-refractivity contribution in [3.8, 4) is 0 Å². The number of amides is 2. The minimum Gasteiger partial charge on any atom is -0.334 e. The van der Waals surface area contributed by atoms with Gasteiger partial charge in [0.2, 0.25) is 0 Å². The molecule has 1 aromatic carbocycles. The maximum atomic E-state index is 13.7. The van der Waals surface area contributed by atoms with E-state index in [1.54, 1.807) is 24.3 Å². The van der Waals surface area contributed by atoms with Crippen LogP contribution in [-0.4, -0.2) is 23.0 Å². The van der Waals surface area contributed by atoms with Crippen molar-refractivity contribution >= 4 is 6.03 Å². The smallest absolute Gasteiger partial charge is 0.317 e. The van der Waals surface area contributed by atoms with Gasteiger partial charge in [-0.05, 0) is 36.2 Å². The molecular formula is C19H23F2N3O. The molecule has 0 spiro atoms. The van der Waals surface area contributed by atoms with Crippen molar-refractivity contribution in [2.45, 2.75) is 38.8 Å². The van der Waals surface area contributed by atoms with E-state index in [2.05, 4.69) is 17.2 Å². The first kappa shape index (κ1) is 18.8. The van der Waals surface area contributed by atoms with Crippen LogP contribution in [0.2, 0.25) is 0 Å². The van der Waals surface area contributed by atoms with E-state index in [9.17, 15) is 13.6 Å². The first-order chi connectivity index (χ1) is 12.0. The highest BCUT2D eigenvalue weighted by Crippen LogP contribution is 2.24. The third-order valence-corrected chi connectivity index (χ3v) is 4.13. The normalized spacial score (nSPS) is 11.8. The monoisotopic (exact) mass is 347 g/mol. The predicted molar refractivity (Wildman–Crippen MR) is 92.9 cm³/mol. The summed E-state index contributed by atoms with van der Waals surface area (Å²) in [6.45, 7) is 2.02. The van der Waals surface area contributed by atoms with E-state index < -0.39 is 11.6 Å². The summed E-state index contributed by atoms with van der Waals surface area (Å²) in [5.41, 5.74) is 1.07. The number of carbonyl (C=O) groups is 1. The number of urea groups is 1. The second-order valence-electron chi connectivity index (χ2n) is 5.95. The highest BCUT2D eigenvalue weighted by Gasteiger charge is 2.21. The van der Waals surface area contributed by atoms with Crippen molar-refractivity contribution in [1.82, 2.24) is 15.2 Å². The van der Waals surface area contributed by atoms with Crippen LogP contribution in [0.1, 0.15) is 43.4 Å². The third-order valence-electron chi connectivity index (χ3n) is 4.13. The molecule has 1 heterocycles. The van der Waals surface area contributed by atoms with Crippen LogP contribution in [0.15, 0.2) is 42.7 Å². The van der Waals surface area contributed by atoms with Crippen LogP contribution in [-0.2, 0) is 6.54 Å². The van der Waals surface area contributed by atoms with Crippen LogP contribution in [0.25, 0.3) is 0 Å². The Morgan fingerprint density at radius 2 is 2.12 bits per heavy atom. The molecule has 1 N–H and O–H groups in total. The van der Waals surface area contributed by atoms with Crippen molar-refractivity contribution in [3.63, 3.8) is 0 Å². The molecule has 0 fully saturated rings. The van der Waals surface area contributed by atoms with Crippen LogP contribution in [0.4, 0.5) is 13.6 Å². The van der Waals surface area contributed by atoms with E-state index in [1.807, 2.05) is 12.1 Å². The number of nitrogens with zero attached hydrogens (tertiary/aromatic N) is 2. The number of carbonyl (C=O) groups excluding carboxylic acids is 1. The van der Waals surface area contributed by atoms with Gasteiger partial charge in [0.1, 0.15) is 11.6 Å². The number of nitrogens with one attached hydrogen (secondary N) is 1. The lowest BCUT2D eigenvalue weighted by Crippen LogP contribution is -2.39. The van der Waals surface area contributed by atoms with Gasteiger partial charge in [-0.3, -0.25) is 4.98 Å². The second kappa shape index (κ2) is 9.11.